The van der Waals surface area contributed by atoms with E-state index in [4.69, 9.17) is 11.6 Å². The Morgan fingerprint density at radius 1 is 1.21 bits per heavy atom. The van der Waals surface area contributed by atoms with Crippen molar-refractivity contribution in [3.05, 3.63) is 64.7 Å². The molecule has 1 atom stereocenters. The van der Waals surface area contributed by atoms with E-state index in [1.807, 2.05) is 25.1 Å². The van der Waals surface area contributed by atoms with E-state index in [1.165, 1.54) is 31.3 Å². The smallest absolute Gasteiger partial charge is 0.322 e. The van der Waals surface area contributed by atoms with Gasteiger partial charge in [0.05, 0.1) is 4.90 Å². The van der Waals surface area contributed by atoms with E-state index in [-0.39, 0.29) is 11.3 Å². The molecule has 0 amide bonds. The minimum absolute atomic E-state index is 0.00453. The number of carboxylic acids is 1. The van der Waals surface area contributed by atoms with Gasteiger partial charge in [0.25, 0.3) is 0 Å². The van der Waals surface area contributed by atoms with E-state index in [1.54, 1.807) is 6.07 Å². The third-order valence-corrected chi connectivity index (χ3v) is 5.86. The summed E-state index contributed by atoms with van der Waals surface area (Å²) in [5, 5.41) is 9.91. The largest absolute Gasteiger partial charge is 0.480 e. The molecule has 0 saturated heterocycles. The van der Waals surface area contributed by atoms with Crippen LogP contribution >= 0.6 is 11.6 Å². The maximum atomic E-state index is 12.7. The second-order valence-electron chi connectivity index (χ2n) is 5.52. The number of hydrogen-bond donors (Lipinski definition) is 1. The lowest BCUT2D eigenvalue weighted by Crippen LogP contribution is -2.43. The molecule has 24 heavy (non-hydrogen) atoms. The fraction of sp³-hybridized carbons (Fsp3) is 0.235. The maximum Gasteiger partial charge on any atom is 0.322 e. The number of nitrogens with zero attached hydrogens (tertiary/aromatic N) is 1. The van der Waals surface area contributed by atoms with Crippen LogP contribution < -0.4 is 0 Å². The summed E-state index contributed by atoms with van der Waals surface area (Å²) < 4.78 is 26.2. The molecule has 0 heterocycles. The number of rotatable bonds is 6. The molecule has 0 aliphatic heterocycles. The Labute approximate surface area is 146 Å². The minimum Gasteiger partial charge on any atom is -0.480 e. The van der Waals surface area contributed by atoms with Crippen molar-refractivity contribution >= 4 is 27.6 Å². The van der Waals surface area contributed by atoms with Crippen LogP contribution in [0.3, 0.4) is 0 Å². The Morgan fingerprint density at radius 2 is 1.83 bits per heavy atom. The van der Waals surface area contributed by atoms with Gasteiger partial charge in [-0.2, -0.15) is 4.31 Å². The van der Waals surface area contributed by atoms with Gasteiger partial charge in [0.1, 0.15) is 6.04 Å². The number of aliphatic carboxylic acids is 1. The average molecular weight is 368 g/mol. The lowest BCUT2D eigenvalue weighted by atomic mass is 10.0. The molecule has 2 rings (SSSR count). The summed E-state index contributed by atoms with van der Waals surface area (Å²) in [4.78, 5) is 11.6. The summed E-state index contributed by atoms with van der Waals surface area (Å²) in [5.41, 5.74) is 1.75. The molecule has 0 fully saturated rings. The van der Waals surface area contributed by atoms with Gasteiger partial charge in [-0.3, -0.25) is 4.79 Å². The topological polar surface area (TPSA) is 74.7 Å². The van der Waals surface area contributed by atoms with Crippen LogP contribution in [-0.2, 0) is 21.2 Å². The van der Waals surface area contributed by atoms with Crippen molar-refractivity contribution in [2.24, 2.45) is 0 Å². The van der Waals surface area contributed by atoms with Crippen LogP contribution in [0, 0.1) is 6.92 Å². The molecule has 0 aliphatic carbocycles. The standard InChI is InChI=1S/C17H18ClNO4S/c1-12-4-3-5-13(10-12)11-16(17(20)21)19(2)24(22,23)15-8-6-14(18)7-9-15/h3-10,16H,11H2,1-2H3,(H,20,21). The molecule has 2 aromatic carbocycles. The van der Waals surface area contributed by atoms with E-state index in [0.717, 1.165) is 15.4 Å². The van der Waals surface area contributed by atoms with Gasteiger partial charge in [0.2, 0.25) is 10.0 Å². The summed E-state index contributed by atoms with van der Waals surface area (Å²) in [6.45, 7) is 1.90. The van der Waals surface area contributed by atoms with Gasteiger partial charge < -0.3 is 5.11 Å². The highest BCUT2D eigenvalue weighted by Crippen LogP contribution is 2.21. The van der Waals surface area contributed by atoms with Crippen LogP contribution in [0.5, 0.6) is 0 Å². The summed E-state index contributed by atoms with van der Waals surface area (Å²) in [6, 6.07) is 11.8. The first-order chi connectivity index (χ1) is 11.2. The summed E-state index contributed by atoms with van der Waals surface area (Å²) >= 11 is 5.77. The van der Waals surface area contributed by atoms with Crippen molar-refractivity contribution in [3.63, 3.8) is 0 Å². The predicted octanol–water partition coefficient (Wildman–Crippen LogP) is 2.96. The lowest BCUT2D eigenvalue weighted by molar-refractivity contribution is -0.141. The highest BCUT2D eigenvalue weighted by atomic mass is 35.5. The Kier molecular flexibility index (Phi) is 5.64. The number of carbonyl (C=O) groups is 1. The van der Waals surface area contributed by atoms with E-state index in [9.17, 15) is 18.3 Å². The number of halogens is 1. The number of sulfonamides is 1. The average Bonchev–Trinajstić information content (AvgIpc) is 2.52. The molecule has 7 heteroatoms. The molecule has 0 radical (unpaired) electrons. The van der Waals surface area contributed by atoms with Crippen molar-refractivity contribution in [1.82, 2.24) is 4.31 Å². The predicted molar refractivity (Wildman–Crippen MR) is 92.7 cm³/mol. The van der Waals surface area contributed by atoms with E-state index in [2.05, 4.69) is 0 Å². The Balaban J connectivity index is 2.33. The van der Waals surface area contributed by atoms with Crippen molar-refractivity contribution in [3.8, 4) is 0 Å². The summed E-state index contributed by atoms with van der Waals surface area (Å²) in [6.07, 6.45) is 0.0837. The van der Waals surface area contributed by atoms with Crippen LogP contribution in [0.1, 0.15) is 11.1 Å². The van der Waals surface area contributed by atoms with Crippen LogP contribution in [0.2, 0.25) is 5.02 Å². The number of carboxylic acid groups (broad SMARTS) is 1. The first-order valence-electron chi connectivity index (χ1n) is 7.24. The van der Waals surface area contributed by atoms with Gasteiger partial charge in [0, 0.05) is 12.1 Å². The zero-order valence-electron chi connectivity index (χ0n) is 13.3. The molecule has 5 nitrogen and oxygen atoms in total. The summed E-state index contributed by atoms with van der Waals surface area (Å²) in [5.74, 6) is -1.20. The summed E-state index contributed by atoms with van der Waals surface area (Å²) in [7, 11) is -2.66. The molecule has 0 saturated carbocycles. The lowest BCUT2D eigenvalue weighted by Gasteiger charge is -2.24. The van der Waals surface area contributed by atoms with Gasteiger partial charge in [-0.05, 0) is 43.2 Å². The molecule has 0 spiro atoms. The van der Waals surface area contributed by atoms with Crippen LogP contribution in [-0.4, -0.2) is 36.9 Å². The first kappa shape index (κ1) is 18.4. The van der Waals surface area contributed by atoms with Crippen molar-refractivity contribution < 1.29 is 18.3 Å². The van der Waals surface area contributed by atoms with Crippen LogP contribution in [0.15, 0.2) is 53.4 Å². The second kappa shape index (κ2) is 7.34. The van der Waals surface area contributed by atoms with Crippen molar-refractivity contribution in [2.45, 2.75) is 24.3 Å². The van der Waals surface area contributed by atoms with E-state index in [0.29, 0.717) is 5.02 Å². The maximum absolute atomic E-state index is 12.7. The van der Waals surface area contributed by atoms with Gasteiger partial charge in [-0.15, -0.1) is 0 Å². The van der Waals surface area contributed by atoms with E-state index < -0.39 is 22.0 Å². The molecular weight excluding hydrogens is 350 g/mol. The Hall–Kier alpha value is -1.89. The molecule has 1 unspecified atom stereocenters. The fourth-order valence-corrected chi connectivity index (χ4v) is 3.81. The molecular formula is C17H18ClNO4S. The molecule has 128 valence electrons. The highest BCUT2D eigenvalue weighted by Gasteiger charge is 2.32. The monoisotopic (exact) mass is 367 g/mol. The fourth-order valence-electron chi connectivity index (χ4n) is 2.37. The number of hydrogen-bond acceptors (Lipinski definition) is 3. The van der Waals surface area contributed by atoms with Crippen molar-refractivity contribution in [2.75, 3.05) is 7.05 Å². The zero-order chi connectivity index (χ0) is 17.9. The van der Waals surface area contributed by atoms with Gasteiger partial charge in [-0.1, -0.05) is 41.4 Å². The number of likely N-dealkylation sites (N-methyl/N-ethyl adjacent to an activating group) is 1. The highest BCUT2D eigenvalue weighted by molar-refractivity contribution is 7.89. The molecule has 2 aromatic rings. The molecule has 0 bridgehead atoms. The molecule has 0 aromatic heterocycles. The Bertz CT molecular complexity index is 834. The zero-order valence-corrected chi connectivity index (χ0v) is 14.9. The minimum atomic E-state index is -3.94. The van der Waals surface area contributed by atoms with Crippen LogP contribution in [0.4, 0.5) is 0 Å². The first-order valence-corrected chi connectivity index (χ1v) is 9.05. The SMILES string of the molecule is Cc1cccc(CC(C(=O)O)N(C)S(=O)(=O)c2ccc(Cl)cc2)c1. The Morgan fingerprint density at radius 3 is 2.38 bits per heavy atom. The quantitative estimate of drug-likeness (QED) is 0.851. The van der Waals surface area contributed by atoms with Crippen molar-refractivity contribution in [1.29, 1.82) is 0 Å². The number of benzene rings is 2. The molecule has 1 N–H and O–H groups in total. The third kappa shape index (κ3) is 4.14. The second-order valence-corrected chi connectivity index (χ2v) is 7.96. The van der Waals surface area contributed by atoms with Gasteiger partial charge >= 0.3 is 5.97 Å². The number of aryl methyl sites for hydroxylation is 1. The van der Waals surface area contributed by atoms with E-state index >= 15 is 0 Å². The normalized spacial score (nSPS) is 13.0. The third-order valence-electron chi connectivity index (χ3n) is 3.73. The molecule has 0 aliphatic rings. The van der Waals surface area contributed by atoms with Gasteiger partial charge in [-0.25, -0.2) is 8.42 Å². The van der Waals surface area contributed by atoms with Crippen LogP contribution in [0.25, 0.3) is 0 Å². The van der Waals surface area contributed by atoms with Gasteiger partial charge in [0.15, 0.2) is 0 Å².